The zero-order valence-corrected chi connectivity index (χ0v) is 11.1. The quantitative estimate of drug-likeness (QED) is 0.747. The average molecular weight is 251 g/mol. The van der Waals surface area contributed by atoms with Gasteiger partial charge in [-0.1, -0.05) is 31.5 Å². The molecular weight excluding hydrogens is 234 g/mol. The standard InChI is InChI=1S/C16H17N3/c1-10(11-5-4-6-11)16-18-14-9-17-13-8-3-2-7-12(13)15(14)19-16/h2-3,7-11H,4-6H2,1H3,(H,18,19)/t10-/m0/s1. The number of hydrogen-bond acceptors (Lipinski definition) is 2. The first-order valence-electron chi connectivity index (χ1n) is 7.06. The number of nitrogens with one attached hydrogen (secondary N) is 1. The molecule has 1 aliphatic rings. The van der Waals surface area contributed by atoms with Gasteiger partial charge in [0.15, 0.2) is 0 Å². The van der Waals surface area contributed by atoms with E-state index in [0.717, 1.165) is 33.7 Å². The summed E-state index contributed by atoms with van der Waals surface area (Å²) >= 11 is 0. The van der Waals surface area contributed by atoms with E-state index < -0.39 is 0 Å². The van der Waals surface area contributed by atoms with Gasteiger partial charge in [0.05, 0.1) is 22.7 Å². The number of nitrogens with zero attached hydrogens (tertiary/aromatic N) is 2. The van der Waals surface area contributed by atoms with Gasteiger partial charge in [0, 0.05) is 11.3 Å². The number of imidazole rings is 1. The molecule has 1 atom stereocenters. The van der Waals surface area contributed by atoms with Gasteiger partial charge in [-0.25, -0.2) is 4.98 Å². The minimum absolute atomic E-state index is 0.528. The largest absolute Gasteiger partial charge is 0.340 e. The van der Waals surface area contributed by atoms with Crippen LogP contribution in [0.4, 0.5) is 0 Å². The molecule has 0 saturated heterocycles. The summed E-state index contributed by atoms with van der Waals surface area (Å²) in [6, 6.07) is 8.21. The van der Waals surface area contributed by atoms with Crippen LogP contribution in [0.25, 0.3) is 21.9 Å². The molecule has 1 aromatic carbocycles. The molecule has 2 heterocycles. The third kappa shape index (κ3) is 1.65. The Kier molecular flexibility index (Phi) is 2.34. The smallest absolute Gasteiger partial charge is 0.110 e. The third-order valence-corrected chi connectivity index (χ3v) is 4.53. The van der Waals surface area contributed by atoms with E-state index in [1.807, 2.05) is 24.4 Å². The number of aromatic amines is 1. The molecule has 0 unspecified atom stereocenters. The van der Waals surface area contributed by atoms with E-state index in [4.69, 9.17) is 4.98 Å². The molecule has 3 aromatic rings. The number of pyridine rings is 1. The molecule has 0 amide bonds. The number of benzene rings is 1. The van der Waals surface area contributed by atoms with Crippen LogP contribution in [0, 0.1) is 5.92 Å². The normalized spacial score (nSPS) is 17.7. The summed E-state index contributed by atoms with van der Waals surface area (Å²) in [5, 5.41) is 1.14. The highest BCUT2D eigenvalue weighted by Gasteiger charge is 2.27. The number of rotatable bonds is 2. The molecule has 1 N–H and O–H groups in total. The first kappa shape index (κ1) is 11.0. The van der Waals surface area contributed by atoms with Crippen LogP contribution in [-0.2, 0) is 0 Å². The maximum absolute atomic E-state index is 4.85. The van der Waals surface area contributed by atoms with E-state index in [2.05, 4.69) is 23.0 Å². The Hall–Kier alpha value is -1.90. The monoisotopic (exact) mass is 251 g/mol. The van der Waals surface area contributed by atoms with Crippen molar-refractivity contribution in [3.8, 4) is 0 Å². The van der Waals surface area contributed by atoms with Gasteiger partial charge in [0.25, 0.3) is 0 Å². The lowest BCUT2D eigenvalue weighted by molar-refractivity contribution is 0.266. The molecule has 1 saturated carbocycles. The second-order valence-corrected chi connectivity index (χ2v) is 5.64. The lowest BCUT2D eigenvalue weighted by atomic mass is 9.76. The summed E-state index contributed by atoms with van der Waals surface area (Å²) in [5.41, 5.74) is 3.14. The molecule has 19 heavy (non-hydrogen) atoms. The Balaban J connectivity index is 1.88. The molecule has 1 fully saturated rings. The molecule has 3 heteroatoms. The third-order valence-electron chi connectivity index (χ3n) is 4.53. The maximum atomic E-state index is 4.85. The van der Waals surface area contributed by atoms with Gasteiger partial charge < -0.3 is 4.98 Å². The van der Waals surface area contributed by atoms with Crippen LogP contribution in [0.3, 0.4) is 0 Å². The van der Waals surface area contributed by atoms with E-state index in [1.165, 1.54) is 19.3 Å². The van der Waals surface area contributed by atoms with Gasteiger partial charge in [-0.15, -0.1) is 0 Å². The summed E-state index contributed by atoms with van der Waals surface area (Å²) in [6.07, 6.45) is 5.97. The zero-order chi connectivity index (χ0) is 12.8. The van der Waals surface area contributed by atoms with Crippen LogP contribution in [0.2, 0.25) is 0 Å². The van der Waals surface area contributed by atoms with Crippen molar-refractivity contribution in [1.29, 1.82) is 0 Å². The molecule has 0 aliphatic heterocycles. The van der Waals surface area contributed by atoms with Crippen molar-refractivity contribution in [2.75, 3.05) is 0 Å². The molecule has 96 valence electrons. The molecule has 1 aliphatic carbocycles. The van der Waals surface area contributed by atoms with E-state index in [0.29, 0.717) is 5.92 Å². The van der Waals surface area contributed by atoms with Crippen molar-refractivity contribution in [3.63, 3.8) is 0 Å². The van der Waals surface area contributed by atoms with Gasteiger partial charge in [-0.3, -0.25) is 4.98 Å². The number of aromatic nitrogens is 3. The van der Waals surface area contributed by atoms with Crippen molar-refractivity contribution >= 4 is 21.9 Å². The highest BCUT2D eigenvalue weighted by atomic mass is 14.9. The molecule has 3 nitrogen and oxygen atoms in total. The van der Waals surface area contributed by atoms with Gasteiger partial charge in [-0.2, -0.15) is 0 Å². The van der Waals surface area contributed by atoms with Crippen molar-refractivity contribution in [2.24, 2.45) is 5.92 Å². The van der Waals surface area contributed by atoms with Crippen LogP contribution in [0.5, 0.6) is 0 Å². The van der Waals surface area contributed by atoms with Crippen molar-refractivity contribution in [3.05, 3.63) is 36.3 Å². The van der Waals surface area contributed by atoms with Gasteiger partial charge >= 0.3 is 0 Å². The van der Waals surface area contributed by atoms with Crippen LogP contribution < -0.4 is 0 Å². The highest BCUT2D eigenvalue weighted by molar-refractivity contribution is 6.01. The first-order chi connectivity index (χ1) is 9.33. The summed E-state index contributed by atoms with van der Waals surface area (Å²) in [4.78, 5) is 12.8. The fraction of sp³-hybridized carbons (Fsp3) is 0.375. The minimum Gasteiger partial charge on any atom is -0.340 e. The van der Waals surface area contributed by atoms with Crippen molar-refractivity contribution in [1.82, 2.24) is 15.0 Å². The lowest BCUT2D eigenvalue weighted by Crippen LogP contribution is -2.18. The van der Waals surface area contributed by atoms with E-state index in [9.17, 15) is 0 Å². The lowest BCUT2D eigenvalue weighted by Gasteiger charge is -2.30. The summed E-state index contributed by atoms with van der Waals surface area (Å²) in [7, 11) is 0. The van der Waals surface area contributed by atoms with E-state index in [-0.39, 0.29) is 0 Å². The summed E-state index contributed by atoms with van der Waals surface area (Å²) in [6.45, 7) is 2.29. The van der Waals surface area contributed by atoms with E-state index in [1.54, 1.807) is 0 Å². The fourth-order valence-corrected chi connectivity index (χ4v) is 3.00. The molecule has 0 spiro atoms. The van der Waals surface area contributed by atoms with Crippen molar-refractivity contribution < 1.29 is 0 Å². The predicted molar refractivity (Wildman–Crippen MR) is 77.2 cm³/mol. The topological polar surface area (TPSA) is 41.6 Å². The second kappa shape index (κ2) is 4.05. The molecular formula is C16H17N3. The predicted octanol–water partition coefficient (Wildman–Crippen LogP) is 4.01. The summed E-state index contributed by atoms with van der Waals surface area (Å²) in [5.74, 6) is 2.46. The van der Waals surface area contributed by atoms with Crippen LogP contribution in [-0.4, -0.2) is 15.0 Å². The summed E-state index contributed by atoms with van der Waals surface area (Å²) < 4.78 is 0. The van der Waals surface area contributed by atoms with Gasteiger partial charge in [-0.05, 0) is 24.8 Å². The zero-order valence-electron chi connectivity index (χ0n) is 11.1. The number of H-pyrrole nitrogens is 1. The molecule has 0 radical (unpaired) electrons. The maximum Gasteiger partial charge on any atom is 0.110 e. The average Bonchev–Trinajstić information content (AvgIpc) is 2.81. The van der Waals surface area contributed by atoms with Crippen molar-refractivity contribution in [2.45, 2.75) is 32.1 Å². The Bertz CT molecular complexity index is 740. The van der Waals surface area contributed by atoms with Crippen LogP contribution in [0.1, 0.15) is 37.9 Å². The number of hydrogen-bond donors (Lipinski definition) is 1. The Morgan fingerprint density at radius 3 is 2.89 bits per heavy atom. The van der Waals surface area contributed by atoms with Gasteiger partial charge in [0.2, 0.25) is 0 Å². The molecule has 2 aromatic heterocycles. The molecule has 0 bridgehead atoms. The Labute approximate surface area is 112 Å². The molecule has 4 rings (SSSR count). The van der Waals surface area contributed by atoms with Crippen LogP contribution in [0.15, 0.2) is 30.5 Å². The fourth-order valence-electron chi connectivity index (χ4n) is 3.00. The van der Waals surface area contributed by atoms with E-state index >= 15 is 0 Å². The Morgan fingerprint density at radius 2 is 2.11 bits per heavy atom. The minimum atomic E-state index is 0.528. The second-order valence-electron chi connectivity index (χ2n) is 5.64. The first-order valence-corrected chi connectivity index (χ1v) is 7.06. The SMILES string of the molecule is C[C@H](c1nc2c(cnc3ccccc32)[nH]1)C1CCC1. The van der Waals surface area contributed by atoms with Gasteiger partial charge in [0.1, 0.15) is 5.82 Å². The Morgan fingerprint density at radius 1 is 1.26 bits per heavy atom. The highest BCUT2D eigenvalue weighted by Crippen LogP contribution is 2.38. The number of para-hydroxylation sites is 1. The number of fused-ring (bicyclic) bond motifs is 3. The van der Waals surface area contributed by atoms with Crippen LogP contribution >= 0.6 is 0 Å².